The number of nitrogens with one attached hydrogen (secondary N) is 1. The third-order valence-electron chi connectivity index (χ3n) is 4.90. The summed E-state index contributed by atoms with van der Waals surface area (Å²) in [5.74, 6) is -2.29. The monoisotopic (exact) mass is 498 g/mol. The van der Waals surface area contributed by atoms with Gasteiger partial charge < -0.3 is 14.8 Å². The van der Waals surface area contributed by atoms with Crippen molar-refractivity contribution in [3.05, 3.63) is 58.4 Å². The van der Waals surface area contributed by atoms with Crippen LogP contribution in [-0.2, 0) is 24.3 Å². The van der Waals surface area contributed by atoms with Crippen molar-refractivity contribution < 1.29 is 31.9 Å². The molecule has 1 fully saturated rings. The average molecular weight is 499 g/mol. The Labute approximate surface area is 196 Å². The van der Waals surface area contributed by atoms with Gasteiger partial charge >= 0.3 is 5.97 Å². The van der Waals surface area contributed by atoms with Crippen LogP contribution < -0.4 is 5.32 Å². The summed E-state index contributed by atoms with van der Waals surface area (Å²) in [6, 6.07) is 7.96. The molecule has 0 aliphatic carbocycles. The minimum absolute atomic E-state index is 0.0458. The van der Waals surface area contributed by atoms with Crippen molar-refractivity contribution in [3.8, 4) is 0 Å². The first-order chi connectivity index (χ1) is 15.5. The van der Waals surface area contributed by atoms with E-state index in [-0.39, 0.29) is 46.5 Å². The predicted octanol–water partition coefficient (Wildman–Crippen LogP) is 3.38. The number of hydrogen-bond donors (Lipinski definition) is 1. The first-order valence-corrected chi connectivity index (χ1v) is 12.0. The molecule has 2 aromatic carbocycles. The van der Waals surface area contributed by atoms with Crippen molar-refractivity contribution in [2.45, 2.75) is 37.9 Å². The molecule has 8 nitrogen and oxygen atoms in total. The summed E-state index contributed by atoms with van der Waals surface area (Å²) in [5.41, 5.74) is 0.545. The first kappa shape index (κ1) is 25.1. The molecule has 1 N–H and O–H groups in total. The fourth-order valence-electron chi connectivity index (χ4n) is 3.42. The molecule has 0 radical (unpaired) electrons. The van der Waals surface area contributed by atoms with Crippen LogP contribution in [0.15, 0.2) is 41.3 Å². The van der Waals surface area contributed by atoms with Gasteiger partial charge in [-0.05, 0) is 56.7 Å². The predicted molar refractivity (Wildman–Crippen MR) is 120 cm³/mol. The van der Waals surface area contributed by atoms with E-state index in [4.69, 9.17) is 21.1 Å². The lowest BCUT2D eigenvalue weighted by molar-refractivity contribution is -0.119. The highest BCUT2D eigenvalue weighted by molar-refractivity contribution is 7.89. The lowest BCUT2D eigenvalue weighted by Crippen LogP contribution is -2.48. The second-order valence-corrected chi connectivity index (χ2v) is 10.1. The van der Waals surface area contributed by atoms with E-state index in [9.17, 15) is 22.4 Å². The van der Waals surface area contributed by atoms with Crippen LogP contribution >= 0.6 is 11.6 Å². The zero-order chi connectivity index (χ0) is 24.3. The Kier molecular flexibility index (Phi) is 7.73. The summed E-state index contributed by atoms with van der Waals surface area (Å²) in [6.07, 6.45) is -0.598. The van der Waals surface area contributed by atoms with Crippen LogP contribution in [0.3, 0.4) is 0 Å². The number of benzene rings is 2. The summed E-state index contributed by atoms with van der Waals surface area (Å²) in [5, 5.41) is 2.26. The summed E-state index contributed by atoms with van der Waals surface area (Å²) >= 11 is 6.13. The minimum atomic E-state index is -4.00. The molecule has 2 unspecified atom stereocenters. The van der Waals surface area contributed by atoms with Gasteiger partial charge in [0.05, 0.1) is 28.5 Å². The van der Waals surface area contributed by atoms with Crippen LogP contribution in [0.25, 0.3) is 0 Å². The average Bonchev–Trinajstić information content (AvgIpc) is 2.73. The van der Waals surface area contributed by atoms with E-state index in [1.54, 1.807) is 26.8 Å². The number of sulfonamides is 1. The highest BCUT2D eigenvalue weighted by atomic mass is 35.5. The van der Waals surface area contributed by atoms with Gasteiger partial charge in [-0.25, -0.2) is 17.6 Å². The van der Waals surface area contributed by atoms with Crippen LogP contribution in [0.1, 0.15) is 29.8 Å². The largest absolute Gasteiger partial charge is 0.452 e. The van der Waals surface area contributed by atoms with Gasteiger partial charge in [-0.15, -0.1) is 0 Å². The molecule has 2 aromatic rings. The van der Waals surface area contributed by atoms with Crippen molar-refractivity contribution >= 4 is 39.2 Å². The fraction of sp³-hybridized carbons (Fsp3) is 0.364. The van der Waals surface area contributed by atoms with Gasteiger partial charge in [-0.2, -0.15) is 4.31 Å². The Bertz CT molecular complexity index is 1160. The van der Waals surface area contributed by atoms with Crippen molar-refractivity contribution in [1.82, 2.24) is 4.31 Å². The molecule has 1 aliphatic heterocycles. The van der Waals surface area contributed by atoms with Crippen molar-refractivity contribution in [2.75, 3.05) is 25.0 Å². The molecule has 0 aromatic heterocycles. The fourth-order valence-corrected chi connectivity index (χ4v) is 5.51. The number of aryl methyl sites for hydroxylation is 1. The summed E-state index contributed by atoms with van der Waals surface area (Å²) in [4.78, 5) is 24.2. The molecule has 1 amide bonds. The van der Waals surface area contributed by atoms with Gasteiger partial charge in [0.25, 0.3) is 5.91 Å². The molecule has 0 saturated carbocycles. The molecule has 178 valence electrons. The number of ether oxygens (including phenoxy) is 2. The first-order valence-electron chi connectivity index (χ1n) is 10.2. The van der Waals surface area contributed by atoms with Crippen LogP contribution in [0.5, 0.6) is 0 Å². The molecule has 1 heterocycles. The van der Waals surface area contributed by atoms with E-state index >= 15 is 0 Å². The smallest absolute Gasteiger partial charge is 0.338 e. The normalized spacial score (nSPS) is 19.2. The maximum atomic E-state index is 13.9. The van der Waals surface area contributed by atoms with Gasteiger partial charge in [0.15, 0.2) is 6.61 Å². The van der Waals surface area contributed by atoms with E-state index in [0.29, 0.717) is 5.56 Å². The SMILES string of the molecule is Cc1ccc(NC(=O)COC(=O)c2ccc(Cl)c(S(=O)(=O)N3CC(C)OC(C)C3)c2)c(F)c1. The number of nitrogens with zero attached hydrogens (tertiary/aromatic N) is 1. The van der Waals surface area contributed by atoms with Gasteiger partial charge in [0, 0.05) is 13.1 Å². The molecular weight excluding hydrogens is 475 g/mol. The van der Waals surface area contributed by atoms with Crippen molar-refractivity contribution in [3.63, 3.8) is 0 Å². The van der Waals surface area contributed by atoms with E-state index in [1.165, 1.54) is 28.6 Å². The number of carbonyl (C=O) groups is 2. The Hall–Kier alpha value is -2.53. The van der Waals surface area contributed by atoms with Crippen LogP contribution in [-0.4, -0.2) is 56.5 Å². The number of amides is 1. The van der Waals surface area contributed by atoms with E-state index in [1.807, 2.05) is 0 Å². The molecule has 0 spiro atoms. The molecule has 1 aliphatic rings. The van der Waals surface area contributed by atoms with Gasteiger partial charge in [0.2, 0.25) is 10.0 Å². The lowest BCUT2D eigenvalue weighted by Gasteiger charge is -2.34. The maximum absolute atomic E-state index is 13.9. The minimum Gasteiger partial charge on any atom is -0.452 e. The van der Waals surface area contributed by atoms with Crippen molar-refractivity contribution in [1.29, 1.82) is 0 Å². The summed E-state index contributed by atoms with van der Waals surface area (Å²) < 4.78 is 51.9. The number of esters is 1. The molecule has 11 heteroatoms. The topological polar surface area (TPSA) is 102 Å². The van der Waals surface area contributed by atoms with Crippen LogP contribution in [0.4, 0.5) is 10.1 Å². The lowest BCUT2D eigenvalue weighted by atomic mass is 10.2. The van der Waals surface area contributed by atoms with E-state index < -0.39 is 34.3 Å². The number of anilines is 1. The Morgan fingerprint density at radius 3 is 2.48 bits per heavy atom. The van der Waals surface area contributed by atoms with Crippen LogP contribution in [0, 0.1) is 12.7 Å². The number of halogens is 2. The maximum Gasteiger partial charge on any atom is 0.338 e. The zero-order valence-electron chi connectivity index (χ0n) is 18.3. The Balaban J connectivity index is 1.70. The number of hydrogen-bond acceptors (Lipinski definition) is 6. The highest BCUT2D eigenvalue weighted by Crippen LogP contribution is 2.28. The van der Waals surface area contributed by atoms with Gasteiger partial charge in [0.1, 0.15) is 10.7 Å². The van der Waals surface area contributed by atoms with E-state index in [2.05, 4.69) is 5.32 Å². The quantitative estimate of drug-likeness (QED) is 0.612. The third kappa shape index (κ3) is 6.08. The Morgan fingerprint density at radius 1 is 1.18 bits per heavy atom. The van der Waals surface area contributed by atoms with Crippen LogP contribution in [0.2, 0.25) is 5.02 Å². The van der Waals surface area contributed by atoms with Gasteiger partial charge in [-0.3, -0.25) is 4.79 Å². The Morgan fingerprint density at radius 2 is 1.85 bits per heavy atom. The molecule has 3 rings (SSSR count). The van der Waals surface area contributed by atoms with Crippen molar-refractivity contribution in [2.24, 2.45) is 0 Å². The summed E-state index contributed by atoms with van der Waals surface area (Å²) in [6.45, 7) is 4.84. The molecular formula is C22H24ClFN2O6S. The van der Waals surface area contributed by atoms with Gasteiger partial charge in [-0.1, -0.05) is 17.7 Å². The second kappa shape index (κ2) is 10.2. The number of rotatable bonds is 6. The highest BCUT2D eigenvalue weighted by Gasteiger charge is 2.34. The zero-order valence-corrected chi connectivity index (χ0v) is 19.9. The standard InChI is InChI=1S/C22H24ClFN2O6S/c1-13-4-7-19(18(24)8-13)25-21(27)12-31-22(28)16-5-6-17(23)20(9-16)33(29,30)26-10-14(2)32-15(3)11-26/h4-9,14-15H,10-12H2,1-3H3,(H,25,27). The third-order valence-corrected chi connectivity index (χ3v) is 7.22. The number of carbonyl (C=O) groups excluding carboxylic acids is 2. The molecule has 0 bridgehead atoms. The molecule has 2 atom stereocenters. The molecule has 1 saturated heterocycles. The van der Waals surface area contributed by atoms with E-state index in [0.717, 1.165) is 6.07 Å². The molecule has 33 heavy (non-hydrogen) atoms. The number of morpholine rings is 1. The summed E-state index contributed by atoms with van der Waals surface area (Å²) in [7, 11) is -4.00. The second-order valence-electron chi connectivity index (χ2n) is 7.83.